The van der Waals surface area contributed by atoms with Crippen LogP contribution in [0.5, 0.6) is 0 Å². The minimum Gasteiger partial charge on any atom is -0.481 e. The molecular weight excluding hydrogens is 330 g/mol. The monoisotopic (exact) mass is 349 g/mol. The van der Waals surface area contributed by atoms with Crippen molar-refractivity contribution >= 4 is 34.2 Å². The fraction of sp³-hybridized carbons (Fsp3) is 0.471. The number of amides is 1. The third-order valence-corrected chi connectivity index (χ3v) is 6.18. The molecule has 2 aliphatic carbocycles. The minimum atomic E-state index is -0.946. The van der Waals surface area contributed by atoms with Crippen molar-refractivity contribution in [3.8, 4) is 0 Å². The van der Waals surface area contributed by atoms with E-state index in [1.54, 1.807) is 6.92 Å². The van der Waals surface area contributed by atoms with Gasteiger partial charge < -0.3 is 15.2 Å². The lowest BCUT2D eigenvalue weighted by atomic mass is 9.82. The van der Waals surface area contributed by atoms with Crippen LogP contribution in [0.3, 0.4) is 0 Å². The second-order valence-corrected chi connectivity index (χ2v) is 7.53. The normalized spacial score (nSPS) is 27.3. The topological polar surface area (TPSA) is 92.7 Å². The standard InChI is InChI=1S/C17H19NO5S/c1-7-8(2)24-15(11(7)17(22)23-3)18-14(19)12-9-4-5-10(6-9)13(12)16(20)21/h4-5,9-10,12-13H,6H2,1-3H3,(H,18,19)(H,20,21)/t9-,10-,12+,13-/m0/s1. The van der Waals surface area contributed by atoms with E-state index in [-0.39, 0.29) is 17.7 Å². The molecule has 1 aromatic rings. The zero-order chi connectivity index (χ0) is 17.6. The summed E-state index contributed by atoms with van der Waals surface area (Å²) in [6.45, 7) is 3.66. The summed E-state index contributed by atoms with van der Waals surface area (Å²) in [4.78, 5) is 37.2. The van der Waals surface area contributed by atoms with Gasteiger partial charge in [0, 0.05) is 4.88 Å². The van der Waals surface area contributed by atoms with Crippen LogP contribution < -0.4 is 5.32 Å². The summed E-state index contributed by atoms with van der Waals surface area (Å²) in [6.07, 6.45) is 4.52. The molecule has 2 aliphatic rings. The molecule has 0 radical (unpaired) electrons. The van der Waals surface area contributed by atoms with Gasteiger partial charge in [0.2, 0.25) is 5.91 Å². The summed E-state index contributed by atoms with van der Waals surface area (Å²) >= 11 is 1.30. The van der Waals surface area contributed by atoms with Gasteiger partial charge in [-0.1, -0.05) is 12.2 Å². The Morgan fingerprint density at radius 2 is 1.83 bits per heavy atom. The Hall–Kier alpha value is -2.15. The van der Waals surface area contributed by atoms with Crippen LogP contribution in [0.2, 0.25) is 0 Å². The van der Waals surface area contributed by atoms with Gasteiger partial charge in [0.1, 0.15) is 5.00 Å². The lowest BCUT2D eigenvalue weighted by Gasteiger charge is -2.23. The van der Waals surface area contributed by atoms with E-state index in [2.05, 4.69) is 5.32 Å². The summed E-state index contributed by atoms with van der Waals surface area (Å²) in [5, 5.41) is 12.7. The van der Waals surface area contributed by atoms with Gasteiger partial charge in [-0.05, 0) is 37.7 Å². The predicted octanol–water partition coefficient (Wildman–Crippen LogP) is 2.61. The fourth-order valence-electron chi connectivity index (χ4n) is 3.77. The maximum atomic E-state index is 12.7. The van der Waals surface area contributed by atoms with E-state index in [9.17, 15) is 19.5 Å². The molecule has 1 amide bonds. The number of aliphatic carboxylic acids is 1. The van der Waals surface area contributed by atoms with Crippen molar-refractivity contribution in [2.45, 2.75) is 20.3 Å². The molecule has 2 N–H and O–H groups in total. The molecule has 0 spiro atoms. The van der Waals surface area contributed by atoms with Crippen molar-refractivity contribution in [2.75, 3.05) is 12.4 Å². The number of carbonyl (C=O) groups is 3. The highest BCUT2D eigenvalue weighted by Crippen LogP contribution is 2.48. The zero-order valence-corrected chi connectivity index (χ0v) is 14.5. The molecule has 4 atom stereocenters. The number of allylic oxidation sites excluding steroid dienone is 2. The molecule has 6 nitrogen and oxygen atoms in total. The second-order valence-electron chi connectivity index (χ2n) is 6.31. The van der Waals surface area contributed by atoms with E-state index >= 15 is 0 Å². The number of ether oxygens (including phenoxy) is 1. The van der Waals surface area contributed by atoms with Crippen LogP contribution in [0.1, 0.15) is 27.2 Å². The van der Waals surface area contributed by atoms with E-state index in [0.717, 1.165) is 10.4 Å². The number of hydrogen-bond acceptors (Lipinski definition) is 5. The maximum absolute atomic E-state index is 12.7. The lowest BCUT2D eigenvalue weighted by molar-refractivity contribution is -0.146. The van der Waals surface area contributed by atoms with Crippen molar-refractivity contribution in [3.05, 3.63) is 28.2 Å². The van der Waals surface area contributed by atoms with Gasteiger partial charge in [-0.25, -0.2) is 4.79 Å². The summed E-state index contributed by atoms with van der Waals surface area (Å²) in [5.41, 5.74) is 1.11. The van der Waals surface area contributed by atoms with Gasteiger partial charge in [0.05, 0.1) is 24.5 Å². The first kappa shape index (κ1) is 16.7. The molecule has 7 heteroatoms. The number of hydrogen-bond donors (Lipinski definition) is 2. The van der Waals surface area contributed by atoms with Crippen LogP contribution in [0.4, 0.5) is 5.00 Å². The van der Waals surface area contributed by atoms with Gasteiger partial charge in [-0.15, -0.1) is 11.3 Å². The summed E-state index contributed by atoms with van der Waals surface area (Å²) in [6, 6.07) is 0. The number of carboxylic acids is 1. The summed E-state index contributed by atoms with van der Waals surface area (Å²) < 4.78 is 4.80. The van der Waals surface area contributed by atoms with Crippen molar-refractivity contribution in [1.29, 1.82) is 0 Å². The average Bonchev–Trinajstić information content (AvgIpc) is 3.21. The van der Waals surface area contributed by atoms with Gasteiger partial charge in [-0.3, -0.25) is 9.59 Å². The Morgan fingerprint density at radius 3 is 2.42 bits per heavy atom. The van der Waals surface area contributed by atoms with Crippen molar-refractivity contribution in [3.63, 3.8) is 0 Å². The SMILES string of the molecule is COC(=O)c1c(NC(=O)[C@H]2[C@@H](C(=O)O)[C@H]3C=C[C@H]2C3)sc(C)c1C. The van der Waals surface area contributed by atoms with Crippen molar-refractivity contribution in [2.24, 2.45) is 23.7 Å². The van der Waals surface area contributed by atoms with Crippen molar-refractivity contribution in [1.82, 2.24) is 0 Å². The molecule has 128 valence electrons. The summed E-state index contributed by atoms with van der Waals surface area (Å²) in [7, 11) is 1.29. The Labute approximate surface area is 143 Å². The Morgan fingerprint density at radius 1 is 1.21 bits per heavy atom. The molecule has 1 saturated carbocycles. The molecule has 3 rings (SSSR count). The number of esters is 1. The number of thiophene rings is 1. The fourth-order valence-corrected chi connectivity index (χ4v) is 4.83. The highest BCUT2D eigenvalue weighted by Gasteiger charge is 2.51. The van der Waals surface area contributed by atoms with Gasteiger partial charge in [0.25, 0.3) is 0 Å². The van der Waals surface area contributed by atoms with Gasteiger partial charge in [0.15, 0.2) is 0 Å². The van der Waals surface area contributed by atoms with E-state index in [4.69, 9.17) is 4.74 Å². The Bertz CT molecular complexity index is 750. The first-order valence-electron chi connectivity index (χ1n) is 7.75. The third kappa shape index (κ3) is 2.53. The van der Waals surface area contributed by atoms with Crippen molar-refractivity contribution < 1.29 is 24.2 Å². The molecular formula is C17H19NO5S. The highest BCUT2D eigenvalue weighted by atomic mass is 32.1. The highest BCUT2D eigenvalue weighted by molar-refractivity contribution is 7.16. The number of carboxylic acid groups (broad SMARTS) is 1. The molecule has 1 aromatic heterocycles. The van der Waals surface area contributed by atoms with Crippen LogP contribution in [0.15, 0.2) is 12.2 Å². The molecule has 1 heterocycles. The van der Waals surface area contributed by atoms with Gasteiger partial charge >= 0.3 is 11.9 Å². The number of aryl methyl sites for hydroxylation is 1. The minimum absolute atomic E-state index is 0.0557. The summed E-state index contributed by atoms with van der Waals surface area (Å²) in [5.74, 6) is -3.25. The predicted molar refractivity (Wildman–Crippen MR) is 89.1 cm³/mol. The quantitative estimate of drug-likeness (QED) is 0.644. The molecule has 24 heavy (non-hydrogen) atoms. The average molecular weight is 349 g/mol. The van der Waals surface area contributed by atoms with E-state index < -0.39 is 23.8 Å². The molecule has 0 aliphatic heterocycles. The van der Waals surface area contributed by atoms with E-state index in [0.29, 0.717) is 17.0 Å². The Balaban J connectivity index is 1.88. The molecule has 2 bridgehead atoms. The smallest absolute Gasteiger partial charge is 0.341 e. The van der Waals surface area contributed by atoms with Crippen LogP contribution in [0.25, 0.3) is 0 Å². The first-order chi connectivity index (χ1) is 11.3. The molecule has 0 aromatic carbocycles. The van der Waals surface area contributed by atoms with Crippen LogP contribution >= 0.6 is 11.3 Å². The van der Waals surface area contributed by atoms with Crippen LogP contribution in [-0.2, 0) is 14.3 Å². The first-order valence-corrected chi connectivity index (χ1v) is 8.57. The van der Waals surface area contributed by atoms with Crippen LogP contribution in [-0.4, -0.2) is 30.1 Å². The van der Waals surface area contributed by atoms with E-state index in [1.807, 2.05) is 19.1 Å². The Kier molecular flexibility index (Phi) is 4.21. The lowest BCUT2D eigenvalue weighted by Crippen LogP contribution is -2.36. The largest absolute Gasteiger partial charge is 0.481 e. The molecule has 0 unspecified atom stereocenters. The van der Waals surface area contributed by atoms with Crippen LogP contribution in [0, 0.1) is 37.5 Å². The number of carbonyl (C=O) groups excluding carboxylic acids is 2. The zero-order valence-electron chi connectivity index (χ0n) is 13.7. The van der Waals surface area contributed by atoms with E-state index in [1.165, 1.54) is 18.4 Å². The number of rotatable bonds is 4. The number of methoxy groups -OCH3 is 1. The second kappa shape index (κ2) is 6.05. The number of nitrogens with one attached hydrogen (secondary N) is 1. The molecule has 1 fully saturated rings. The maximum Gasteiger partial charge on any atom is 0.341 e. The van der Waals surface area contributed by atoms with Gasteiger partial charge in [-0.2, -0.15) is 0 Å². The number of anilines is 1. The third-order valence-electron chi connectivity index (χ3n) is 5.06. The number of fused-ring (bicyclic) bond motifs is 2. The molecule has 0 saturated heterocycles.